The minimum absolute atomic E-state index is 0.131. The summed E-state index contributed by atoms with van der Waals surface area (Å²) in [6, 6.07) is 7.79. The van der Waals surface area contributed by atoms with Crippen LogP contribution in [0, 0.1) is 0 Å². The first-order valence-corrected chi connectivity index (χ1v) is 7.20. The Labute approximate surface area is 124 Å². The van der Waals surface area contributed by atoms with E-state index in [0.717, 1.165) is 36.0 Å². The van der Waals surface area contributed by atoms with Crippen molar-refractivity contribution in [1.82, 2.24) is 9.88 Å². The fourth-order valence-electron chi connectivity index (χ4n) is 3.05. The lowest BCUT2D eigenvalue weighted by molar-refractivity contribution is -0.129. The van der Waals surface area contributed by atoms with Crippen molar-refractivity contribution >= 4 is 28.2 Å². The van der Waals surface area contributed by atoms with Crippen molar-refractivity contribution in [2.75, 3.05) is 31.3 Å². The van der Waals surface area contributed by atoms with E-state index in [1.807, 2.05) is 24.3 Å². The SMILES string of the molecule is CN(C)C(=O)C1CCCN1c1c(N)cnc2ccccc12. The predicted octanol–water partition coefficient (Wildman–Crippen LogP) is 1.87. The van der Waals surface area contributed by atoms with E-state index in [1.54, 1.807) is 25.2 Å². The number of pyridine rings is 1. The van der Waals surface area contributed by atoms with Crippen LogP contribution in [0.5, 0.6) is 0 Å². The van der Waals surface area contributed by atoms with Gasteiger partial charge in [0.2, 0.25) is 5.91 Å². The van der Waals surface area contributed by atoms with Gasteiger partial charge in [0.05, 0.1) is 23.1 Å². The lowest BCUT2D eigenvalue weighted by Gasteiger charge is -2.29. The van der Waals surface area contributed by atoms with Gasteiger partial charge in [0, 0.05) is 26.0 Å². The summed E-state index contributed by atoms with van der Waals surface area (Å²) in [6.07, 6.45) is 3.56. The number of aromatic nitrogens is 1. The summed E-state index contributed by atoms with van der Waals surface area (Å²) < 4.78 is 0. The molecule has 1 unspecified atom stereocenters. The summed E-state index contributed by atoms with van der Waals surface area (Å²) in [5, 5.41) is 1.01. The van der Waals surface area contributed by atoms with Crippen LogP contribution in [0.4, 0.5) is 11.4 Å². The van der Waals surface area contributed by atoms with Crippen LogP contribution in [0.1, 0.15) is 12.8 Å². The molecular formula is C16H20N4O. The molecule has 5 heteroatoms. The molecule has 1 fully saturated rings. The van der Waals surface area contributed by atoms with Gasteiger partial charge in [-0.15, -0.1) is 0 Å². The quantitative estimate of drug-likeness (QED) is 0.914. The summed E-state index contributed by atoms with van der Waals surface area (Å²) in [6.45, 7) is 0.850. The molecule has 0 saturated carbocycles. The number of nitrogens with two attached hydrogens (primary N) is 1. The Morgan fingerprint density at radius 1 is 1.38 bits per heavy atom. The molecule has 1 saturated heterocycles. The average molecular weight is 284 g/mol. The second kappa shape index (κ2) is 5.24. The highest BCUT2D eigenvalue weighted by Gasteiger charge is 2.33. The molecule has 1 atom stereocenters. The van der Waals surface area contributed by atoms with Gasteiger partial charge < -0.3 is 15.5 Å². The summed E-state index contributed by atoms with van der Waals surface area (Å²) >= 11 is 0. The molecule has 21 heavy (non-hydrogen) atoms. The maximum absolute atomic E-state index is 12.4. The lowest BCUT2D eigenvalue weighted by atomic mass is 10.1. The number of hydrogen-bond donors (Lipinski definition) is 1. The van der Waals surface area contributed by atoms with E-state index >= 15 is 0 Å². The number of benzene rings is 1. The summed E-state index contributed by atoms with van der Waals surface area (Å²) in [7, 11) is 3.60. The Balaban J connectivity index is 2.11. The van der Waals surface area contributed by atoms with E-state index in [2.05, 4.69) is 9.88 Å². The normalized spacial score (nSPS) is 18.2. The second-order valence-electron chi connectivity index (χ2n) is 5.66. The van der Waals surface area contributed by atoms with Crippen LogP contribution >= 0.6 is 0 Å². The fraction of sp³-hybridized carbons (Fsp3) is 0.375. The van der Waals surface area contributed by atoms with Crippen LogP contribution in [0.2, 0.25) is 0 Å². The summed E-state index contributed by atoms with van der Waals surface area (Å²) in [4.78, 5) is 20.6. The molecule has 2 heterocycles. The van der Waals surface area contributed by atoms with Gasteiger partial charge in [-0.2, -0.15) is 0 Å². The maximum atomic E-state index is 12.4. The molecule has 1 aliphatic rings. The molecule has 1 aromatic carbocycles. The Kier molecular flexibility index (Phi) is 3.41. The Bertz CT molecular complexity index is 683. The first-order valence-electron chi connectivity index (χ1n) is 7.20. The maximum Gasteiger partial charge on any atom is 0.244 e. The minimum Gasteiger partial charge on any atom is -0.396 e. The molecule has 5 nitrogen and oxygen atoms in total. The number of rotatable bonds is 2. The van der Waals surface area contributed by atoms with Gasteiger partial charge in [0.1, 0.15) is 6.04 Å². The number of nitrogen functional groups attached to an aromatic ring is 1. The molecule has 0 aliphatic carbocycles. The topological polar surface area (TPSA) is 62.5 Å². The van der Waals surface area contributed by atoms with Crippen molar-refractivity contribution < 1.29 is 4.79 Å². The molecule has 1 aromatic heterocycles. The zero-order valence-electron chi connectivity index (χ0n) is 12.4. The fourth-order valence-corrected chi connectivity index (χ4v) is 3.05. The third kappa shape index (κ3) is 2.28. The lowest BCUT2D eigenvalue weighted by Crippen LogP contribution is -2.43. The van der Waals surface area contributed by atoms with Gasteiger partial charge in [-0.1, -0.05) is 18.2 Å². The average Bonchev–Trinajstić information content (AvgIpc) is 2.95. The van der Waals surface area contributed by atoms with E-state index < -0.39 is 0 Å². The van der Waals surface area contributed by atoms with Crippen molar-refractivity contribution in [1.29, 1.82) is 0 Å². The highest BCUT2D eigenvalue weighted by molar-refractivity contribution is 6.00. The first-order chi connectivity index (χ1) is 10.1. The van der Waals surface area contributed by atoms with Gasteiger partial charge in [-0.05, 0) is 18.9 Å². The number of para-hydroxylation sites is 1. The van der Waals surface area contributed by atoms with E-state index in [0.29, 0.717) is 5.69 Å². The third-order valence-corrected chi connectivity index (χ3v) is 4.04. The third-order valence-electron chi connectivity index (χ3n) is 4.04. The van der Waals surface area contributed by atoms with Crippen molar-refractivity contribution in [2.45, 2.75) is 18.9 Å². The van der Waals surface area contributed by atoms with E-state index in [4.69, 9.17) is 5.73 Å². The molecule has 1 amide bonds. The van der Waals surface area contributed by atoms with Gasteiger partial charge in [-0.25, -0.2) is 0 Å². The zero-order chi connectivity index (χ0) is 15.0. The largest absolute Gasteiger partial charge is 0.396 e. The number of carbonyl (C=O) groups is 1. The highest BCUT2D eigenvalue weighted by atomic mass is 16.2. The van der Waals surface area contributed by atoms with Gasteiger partial charge in [0.25, 0.3) is 0 Å². The van der Waals surface area contributed by atoms with Crippen molar-refractivity contribution in [3.63, 3.8) is 0 Å². The number of anilines is 2. The van der Waals surface area contributed by atoms with Crippen LogP contribution < -0.4 is 10.6 Å². The van der Waals surface area contributed by atoms with Crippen LogP contribution in [-0.2, 0) is 4.79 Å². The Morgan fingerprint density at radius 2 is 2.14 bits per heavy atom. The van der Waals surface area contributed by atoms with E-state index in [-0.39, 0.29) is 11.9 Å². The number of hydrogen-bond acceptors (Lipinski definition) is 4. The number of fused-ring (bicyclic) bond motifs is 1. The van der Waals surface area contributed by atoms with Crippen LogP contribution in [-0.4, -0.2) is 42.5 Å². The van der Waals surface area contributed by atoms with Gasteiger partial charge in [-0.3, -0.25) is 9.78 Å². The van der Waals surface area contributed by atoms with Crippen LogP contribution in [0.3, 0.4) is 0 Å². The van der Waals surface area contributed by atoms with Gasteiger partial charge in [0.15, 0.2) is 0 Å². The van der Waals surface area contributed by atoms with Crippen molar-refractivity contribution in [3.05, 3.63) is 30.5 Å². The second-order valence-corrected chi connectivity index (χ2v) is 5.66. The number of likely N-dealkylation sites (N-methyl/N-ethyl adjacent to an activating group) is 1. The predicted molar refractivity (Wildman–Crippen MR) is 85.2 cm³/mol. The van der Waals surface area contributed by atoms with Crippen molar-refractivity contribution in [3.8, 4) is 0 Å². The minimum atomic E-state index is -0.131. The summed E-state index contributed by atoms with van der Waals surface area (Å²) in [5.74, 6) is 0.132. The summed E-state index contributed by atoms with van der Waals surface area (Å²) in [5.41, 5.74) is 8.66. The Morgan fingerprint density at radius 3 is 2.90 bits per heavy atom. The molecule has 0 bridgehead atoms. The Hall–Kier alpha value is -2.30. The van der Waals surface area contributed by atoms with Crippen LogP contribution in [0.15, 0.2) is 30.5 Å². The molecule has 2 N–H and O–H groups in total. The standard InChI is InChI=1S/C16H20N4O/c1-19(2)16(21)14-8-5-9-20(14)15-11-6-3-4-7-13(11)18-10-12(15)17/h3-4,6-7,10,14H,5,8-9,17H2,1-2H3. The zero-order valence-corrected chi connectivity index (χ0v) is 12.4. The number of amides is 1. The smallest absolute Gasteiger partial charge is 0.244 e. The monoisotopic (exact) mass is 284 g/mol. The van der Waals surface area contributed by atoms with Crippen LogP contribution in [0.25, 0.3) is 10.9 Å². The van der Waals surface area contributed by atoms with E-state index in [1.165, 1.54) is 0 Å². The molecule has 3 rings (SSSR count). The highest BCUT2D eigenvalue weighted by Crippen LogP contribution is 2.36. The molecule has 1 aliphatic heterocycles. The van der Waals surface area contributed by atoms with Gasteiger partial charge >= 0.3 is 0 Å². The molecule has 2 aromatic rings. The van der Waals surface area contributed by atoms with Crippen molar-refractivity contribution in [2.24, 2.45) is 0 Å². The number of carbonyl (C=O) groups excluding carboxylic acids is 1. The molecular weight excluding hydrogens is 264 g/mol. The van der Waals surface area contributed by atoms with E-state index in [9.17, 15) is 4.79 Å². The molecule has 110 valence electrons. The first kappa shape index (κ1) is 13.7. The molecule has 0 spiro atoms. The number of nitrogens with zero attached hydrogens (tertiary/aromatic N) is 3. The molecule has 0 radical (unpaired) electrons.